The molecular weight excluding hydrogens is 367 g/mol. The predicted octanol–water partition coefficient (Wildman–Crippen LogP) is 3.43. The Kier molecular flexibility index (Phi) is 5.06. The zero-order chi connectivity index (χ0) is 20.6. The number of esters is 1. The van der Waals surface area contributed by atoms with Gasteiger partial charge in [-0.15, -0.1) is 0 Å². The van der Waals surface area contributed by atoms with Crippen LogP contribution in [0.3, 0.4) is 0 Å². The van der Waals surface area contributed by atoms with Gasteiger partial charge in [-0.25, -0.2) is 9.18 Å². The number of carboxylic acids is 1. The summed E-state index contributed by atoms with van der Waals surface area (Å²) in [5, 5.41) is 9.26. The van der Waals surface area contributed by atoms with Crippen LogP contribution in [0, 0.1) is 11.7 Å². The highest BCUT2D eigenvalue weighted by atomic mass is 19.1. The van der Waals surface area contributed by atoms with E-state index < -0.39 is 17.4 Å². The summed E-state index contributed by atoms with van der Waals surface area (Å²) in [5.41, 5.74) is 0.106. The number of aromatic nitrogens is 2. The van der Waals surface area contributed by atoms with Gasteiger partial charge in [0, 0.05) is 23.7 Å². The fraction of sp³-hybridized carbons (Fsp3) is 0.400. The summed E-state index contributed by atoms with van der Waals surface area (Å²) in [6.07, 6.45) is 3.48. The van der Waals surface area contributed by atoms with Gasteiger partial charge in [-0.3, -0.25) is 14.8 Å². The fourth-order valence-corrected chi connectivity index (χ4v) is 2.92. The number of benzene rings is 1. The van der Waals surface area contributed by atoms with E-state index in [1.54, 1.807) is 0 Å². The number of hydrogen-bond donors (Lipinski definition) is 1. The lowest BCUT2D eigenvalue weighted by molar-refractivity contribution is -0.156. The molecule has 0 spiro atoms. The number of ether oxygens (including phenoxy) is 2. The van der Waals surface area contributed by atoms with E-state index in [2.05, 4.69) is 9.97 Å². The van der Waals surface area contributed by atoms with Gasteiger partial charge in [0.05, 0.1) is 30.6 Å². The lowest BCUT2D eigenvalue weighted by atomic mass is 10.1. The molecule has 3 rings (SSSR count). The molecule has 28 heavy (non-hydrogen) atoms. The van der Waals surface area contributed by atoms with Gasteiger partial charge in [0.15, 0.2) is 0 Å². The van der Waals surface area contributed by atoms with Crippen LogP contribution in [0.15, 0.2) is 24.5 Å². The molecule has 8 heteroatoms. The van der Waals surface area contributed by atoms with Gasteiger partial charge in [-0.05, 0) is 33.3 Å². The monoisotopic (exact) mass is 388 g/mol. The Morgan fingerprint density at radius 1 is 1.21 bits per heavy atom. The van der Waals surface area contributed by atoms with E-state index in [4.69, 9.17) is 9.47 Å². The molecule has 1 fully saturated rings. The van der Waals surface area contributed by atoms with E-state index in [1.165, 1.54) is 25.6 Å². The van der Waals surface area contributed by atoms with Crippen molar-refractivity contribution >= 4 is 11.9 Å². The molecule has 1 saturated carbocycles. The van der Waals surface area contributed by atoms with Crippen LogP contribution >= 0.6 is 0 Å². The molecular formula is C20H21FN2O5. The largest absolute Gasteiger partial charge is 0.496 e. The number of rotatable bonds is 5. The molecule has 1 aromatic carbocycles. The van der Waals surface area contributed by atoms with Crippen molar-refractivity contribution < 1.29 is 28.6 Å². The van der Waals surface area contributed by atoms with Gasteiger partial charge >= 0.3 is 11.9 Å². The minimum atomic E-state index is -1.24. The van der Waals surface area contributed by atoms with Gasteiger partial charge in [-0.1, -0.05) is 0 Å². The lowest BCUT2D eigenvalue weighted by Crippen LogP contribution is -2.25. The molecule has 2 aromatic rings. The number of aromatic carboxylic acids is 1. The second-order valence-corrected chi connectivity index (χ2v) is 7.65. The van der Waals surface area contributed by atoms with Gasteiger partial charge in [0.25, 0.3) is 0 Å². The molecule has 1 aliphatic rings. The van der Waals surface area contributed by atoms with Crippen LogP contribution in [0.1, 0.15) is 49.2 Å². The maximum absolute atomic E-state index is 14.4. The molecule has 0 amide bonds. The molecule has 2 atom stereocenters. The first-order valence-corrected chi connectivity index (χ1v) is 8.76. The van der Waals surface area contributed by atoms with Crippen LogP contribution in [0.25, 0.3) is 11.3 Å². The first-order valence-electron chi connectivity index (χ1n) is 8.76. The van der Waals surface area contributed by atoms with E-state index in [1.807, 2.05) is 20.8 Å². The summed E-state index contributed by atoms with van der Waals surface area (Å²) >= 11 is 0. The molecule has 148 valence electrons. The van der Waals surface area contributed by atoms with Crippen LogP contribution < -0.4 is 4.74 Å². The van der Waals surface area contributed by atoms with E-state index >= 15 is 0 Å². The van der Waals surface area contributed by atoms with Crippen LogP contribution in [0.2, 0.25) is 0 Å². The molecule has 0 bridgehead atoms. The van der Waals surface area contributed by atoms with Crippen molar-refractivity contribution in [1.29, 1.82) is 0 Å². The second-order valence-electron chi connectivity index (χ2n) is 7.65. The molecule has 0 aliphatic heterocycles. The van der Waals surface area contributed by atoms with Crippen LogP contribution in [-0.4, -0.2) is 39.7 Å². The van der Waals surface area contributed by atoms with Crippen molar-refractivity contribution in [1.82, 2.24) is 9.97 Å². The maximum atomic E-state index is 14.4. The quantitative estimate of drug-likeness (QED) is 0.784. The second kappa shape index (κ2) is 7.18. The number of carbonyl (C=O) groups excluding carboxylic acids is 1. The van der Waals surface area contributed by atoms with Crippen molar-refractivity contribution in [3.8, 4) is 17.0 Å². The van der Waals surface area contributed by atoms with Gasteiger partial charge in [0.1, 0.15) is 22.7 Å². The first-order chi connectivity index (χ1) is 13.1. The summed E-state index contributed by atoms with van der Waals surface area (Å²) in [7, 11) is 1.27. The topological polar surface area (TPSA) is 98.6 Å². The number of carboxylic acid groups (broad SMARTS) is 1. The Balaban J connectivity index is 1.80. The Hall–Kier alpha value is -3.03. The first kappa shape index (κ1) is 19.7. The normalized spacial score (nSPS) is 18.5. The summed E-state index contributed by atoms with van der Waals surface area (Å²) in [4.78, 5) is 32.0. The van der Waals surface area contributed by atoms with E-state index in [0.717, 1.165) is 6.07 Å². The third-order valence-electron chi connectivity index (χ3n) is 4.35. The summed E-state index contributed by atoms with van der Waals surface area (Å²) < 4.78 is 24.6. The molecule has 7 nitrogen and oxygen atoms in total. The predicted molar refractivity (Wildman–Crippen MR) is 97.6 cm³/mol. The van der Waals surface area contributed by atoms with Crippen molar-refractivity contribution in [2.24, 2.45) is 5.92 Å². The zero-order valence-electron chi connectivity index (χ0n) is 16.0. The van der Waals surface area contributed by atoms with Crippen LogP contribution in [0.4, 0.5) is 4.39 Å². The number of methoxy groups -OCH3 is 1. The Morgan fingerprint density at radius 3 is 2.46 bits per heavy atom. The standard InChI is InChI=1S/C20H21FN2O5/c1-20(2,3)28-19(26)11-5-10(11)15-8-23-16(9-22-15)12-6-13(18(24)25)17(27-4)7-14(12)21/h6-11H,5H2,1-4H3,(H,24,25)/t10-,11-/m1/s1. The lowest BCUT2D eigenvalue weighted by Gasteiger charge is -2.19. The molecule has 1 aromatic heterocycles. The van der Waals surface area contributed by atoms with E-state index in [-0.39, 0.29) is 40.4 Å². The van der Waals surface area contributed by atoms with Crippen molar-refractivity contribution in [2.75, 3.05) is 7.11 Å². The summed E-state index contributed by atoms with van der Waals surface area (Å²) in [5.74, 6) is -2.57. The molecule has 0 saturated heterocycles. The molecule has 0 radical (unpaired) electrons. The summed E-state index contributed by atoms with van der Waals surface area (Å²) in [6.45, 7) is 5.43. The third-order valence-corrected chi connectivity index (χ3v) is 4.35. The van der Waals surface area contributed by atoms with E-state index in [0.29, 0.717) is 12.1 Å². The Morgan fingerprint density at radius 2 is 1.93 bits per heavy atom. The number of carbonyl (C=O) groups is 2. The van der Waals surface area contributed by atoms with E-state index in [9.17, 15) is 19.1 Å². The number of halogens is 1. The van der Waals surface area contributed by atoms with Crippen LogP contribution in [-0.2, 0) is 9.53 Å². The third kappa shape index (κ3) is 4.11. The van der Waals surface area contributed by atoms with Crippen molar-refractivity contribution in [2.45, 2.75) is 38.7 Å². The van der Waals surface area contributed by atoms with Crippen molar-refractivity contribution in [3.05, 3.63) is 41.6 Å². The molecule has 0 unspecified atom stereocenters. The fourth-order valence-electron chi connectivity index (χ4n) is 2.92. The highest BCUT2D eigenvalue weighted by Gasteiger charge is 2.47. The van der Waals surface area contributed by atoms with Gasteiger partial charge in [0.2, 0.25) is 0 Å². The highest BCUT2D eigenvalue weighted by molar-refractivity contribution is 5.92. The average Bonchev–Trinajstić information content (AvgIpc) is 3.41. The van der Waals surface area contributed by atoms with Crippen molar-refractivity contribution in [3.63, 3.8) is 0 Å². The zero-order valence-corrected chi connectivity index (χ0v) is 16.0. The van der Waals surface area contributed by atoms with Crippen LogP contribution in [0.5, 0.6) is 5.75 Å². The minimum absolute atomic E-state index is 0.0109. The van der Waals surface area contributed by atoms with Gasteiger partial charge in [-0.2, -0.15) is 0 Å². The Labute approximate surface area is 161 Å². The molecule has 1 heterocycles. The number of nitrogens with zero attached hydrogens (tertiary/aromatic N) is 2. The molecule has 1 aliphatic carbocycles. The highest BCUT2D eigenvalue weighted by Crippen LogP contribution is 2.47. The molecule has 1 N–H and O–H groups in total. The smallest absolute Gasteiger partial charge is 0.339 e. The summed E-state index contributed by atoms with van der Waals surface area (Å²) in [6, 6.07) is 2.18. The maximum Gasteiger partial charge on any atom is 0.339 e. The van der Waals surface area contributed by atoms with Gasteiger partial charge < -0.3 is 14.6 Å². The minimum Gasteiger partial charge on any atom is -0.496 e. The number of hydrogen-bond acceptors (Lipinski definition) is 6. The Bertz CT molecular complexity index is 921. The average molecular weight is 388 g/mol. The SMILES string of the molecule is COc1cc(F)c(-c2cnc([C@@H]3C[C@H]3C(=O)OC(C)(C)C)cn2)cc1C(=O)O.